The Hall–Kier alpha value is -1.45. The predicted molar refractivity (Wildman–Crippen MR) is 101 cm³/mol. The fraction of sp³-hybridized carbons (Fsp3) is 0.684. The minimum Gasteiger partial charge on any atom is -0.481 e. The van der Waals surface area contributed by atoms with Gasteiger partial charge in [0.05, 0.1) is 12.1 Å². The summed E-state index contributed by atoms with van der Waals surface area (Å²) in [5.41, 5.74) is 0. The van der Waals surface area contributed by atoms with Crippen molar-refractivity contribution in [2.24, 2.45) is 5.92 Å². The Morgan fingerprint density at radius 1 is 1.48 bits per heavy atom. The first-order chi connectivity index (χ1) is 12.0. The number of carbonyl (C=O) groups is 2. The molecule has 1 fully saturated rings. The van der Waals surface area contributed by atoms with Crippen molar-refractivity contribution in [1.82, 2.24) is 4.90 Å². The molecule has 0 aromatic heterocycles. The molecule has 5 nitrogen and oxygen atoms in total. The van der Waals surface area contributed by atoms with Gasteiger partial charge in [0.15, 0.2) is 0 Å². The van der Waals surface area contributed by atoms with Crippen molar-refractivity contribution in [3.8, 4) is 11.8 Å². The Labute approximate surface area is 154 Å². The zero-order valence-corrected chi connectivity index (χ0v) is 15.9. The van der Waals surface area contributed by atoms with Crippen LogP contribution >= 0.6 is 11.8 Å². The summed E-state index contributed by atoms with van der Waals surface area (Å²) in [6.07, 6.45) is 6.02. The fourth-order valence-electron chi connectivity index (χ4n) is 2.65. The highest BCUT2D eigenvalue weighted by atomic mass is 32.2. The van der Waals surface area contributed by atoms with E-state index in [1.165, 1.54) is 0 Å². The van der Waals surface area contributed by atoms with Crippen LogP contribution in [0.3, 0.4) is 0 Å². The third-order valence-electron chi connectivity index (χ3n) is 4.24. The number of thioether (sulfide) groups is 1. The Morgan fingerprint density at radius 2 is 2.24 bits per heavy atom. The van der Waals surface area contributed by atoms with E-state index >= 15 is 0 Å². The lowest BCUT2D eigenvalue weighted by Crippen LogP contribution is -2.34. The number of hydrogen-bond donors (Lipinski definition) is 2. The molecule has 1 aliphatic heterocycles. The molecule has 6 heteroatoms. The largest absolute Gasteiger partial charge is 0.481 e. The molecule has 3 atom stereocenters. The SMILES string of the molecule is CC#CC[C@H](C)[C@H](O)/C=C/[C@H]1CCC(=O)N1CCSCCCC(=O)O. The monoisotopic (exact) mass is 367 g/mol. The summed E-state index contributed by atoms with van der Waals surface area (Å²) >= 11 is 1.68. The molecule has 0 saturated carbocycles. The van der Waals surface area contributed by atoms with Crippen molar-refractivity contribution in [1.29, 1.82) is 0 Å². The van der Waals surface area contributed by atoms with Crippen LogP contribution in [0.15, 0.2) is 12.2 Å². The number of amides is 1. The zero-order valence-electron chi connectivity index (χ0n) is 15.1. The van der Waals surface area contributed by atoms with Gasteiger partial charge in [-0.05, 0) is 31.4 Å². The number of carboxylic acid groups (broad SMARTS) is 1. The molecule has 0 spiro atoms. The number of hydrogen-bond acceptors (Lipinski definition) is 4. The first-order valence-electron chi connectivity index (χ1n) is 8.80. The molecule has 2 N–H and O–H groups in total. The topological polar surface area (TPSA) is 77.8 Å². The number of aliphatic carboxylic acids is 1. The molecule has 0 aromatic rings. The second-order valence-electron chi connectivity index (χ2n) is 6.29. The van der Waals surface area contributed by atoms with Crippen molar-refractivity contribution < 1.29 is 19.8 Å². The molecule has 0 bridgehead atoms. The molecule has 1 rings (SSSR count). The zero-order chi connectivity index (χ0) is 18.7. The highest BCUT2D eigenvalue weighted by Gasteiger charge is 2.28. The van der Waals surface area contributed by atoms with E-state index in [2.05, 4.69) is 11.8 Å². The van der Waals surface area contributed by atoms with Gasteiger partial charge in [0.25, 0.3) is 0 Å². The van der Waals surface area contributed by atoms with E-state index in [9.17, 15) is 14.7 Å². The number of carbonyl (C=O) groups excluding carboxylic acids is 1. The van der Waals surface area contributed by atoms with Gasteiger partial charge in [0.2, 0.25) is 5.91 Å². The highest BCUT2D eigenvalue weighted by molar-refractivity contribution is 7.99. The second-order valence-corrected chi connectivity index (χ2v) is 7.51. The standard InChI is InChI=1S/C19H29NO4S/c1-3-4-6-15(2)17(21)10-8-16-9-11-18(22)20(16)12-14-25-13-5-7-19(23)24/h8,10,15-17,21H,5-7,9,11-14H2,1-2H3,(H,23,24)/b10-8+/t15-,16-,17+/m0/s1. The molecule has 140 valence electrons. The van der Waals surface area contributed by atoms with Gasteiger partial charge < -0.3 is 15.1 Å². The minimum atomic E-state index is -0.766. The van der Waals surface area contributed by atoms with Gasteiger partial charge >= 0.3 is 5.97 Å². The van der Waals surface area contributed by atoms with Gasteiger partial charge in [-0.1, -0.05) is 19.1 Å². The van der Waals surface area contributed by atoms with Crippen LogP contribution in [-0.2, 0) is 9.59 Å². The minimum absolute atomic E-state index is 0.0474. The van der Waals surface area contributed by atoms with Crippen LogP contribution in [0, 0.1) is 17.8 Å². The first kappa shape index (κ1) is 21.6. The quantitative estimate of drug-likeness (QED) is 0.333. The number of likely N-dealkylation sites (tertiary alicyclic amines) is 1. The molecule has 1 aliphatic rings. The van der Waals surface area contributed by atoms with Gasteiger partial charge in [-0.3, -0.25) is 9.59 Å². The molecule has 0 aromatic carbocycles. The van der Waals surface area contributed by atoms with Crippen LogP contribution in [-0.4, -0.2) is 57.2 Å². The molecule has 0 aliphatic carbocycles. The van der Waals surface area contributed by atoms with Crippen LogP contribution in [0.2, 0.25) is 0 Å². The predicted octanol–water partition coefficient (Wildman–Crippen LogP) is 2.54. The van der Waals surface area contributed by atoms with Gasteiger partial charge in [0, 0.05) is 31.6 Å². The Morgan fingerprint density at radius 3 is 2.92 bits per heavy atom. The maximum Gasteiger partial charge on any atom is 0.303 e. The van der Waals surface area contributed by atoms with E-state index in [4.69, 9.17) is 5.11 Å². The van der Waals surface area contributed by atoms with E-state index in [-0.39, 0.29) is 24.3 Å². The Balaban J connectivity index is 2.39. The lowest BCUT2D eigenvalue weighted by atomic mass is 10.00. The fourth-order valence-corrected chi connectivity index (χ4v) is 3.53. The second kappa shape index (κ2) is 12.0. The summed E-state index contributed by atoms with van der Waals surface area (Å²) in [6, 6.07) is 0.0474. The molecular weight excluding hydrogens is 338 g/mol. The Kier molecular flexibility index (Phi) is 10.4. The molecule has 1 heterocycles. The summed E-state index contributed by atoms with van der Waals surface area (Å²) in [5, 5.41) is 18.8. The van der Waals surface area contributed by atoms with Crippen molar-refractivity contribution in [2.45, 2.75) is 58.1 Å². The summed E-state index contributed by atoms with van der Waals surface area (Å²) in [4.78, 5) is 24.4. The van der Waals surface area contributed by atoms with Gasteiger partial charge in [-0.25, -0.2) is 0 Å². The van der Waals surface area contributed by atoms with Gasteiger partial charge in [-0.2, -0.15) is 11.8 Å². The van der Waals surface area contributed by atoms with E-state index in [0.29, 0.717) is 25.8 Å². The molecule has 0 unspecified atom stereocenters. The molecule has 0 radical (unpaired) electrons. The lowest BCUT2D eigenvalue weighted by Gasteiger charge is -2.23. The van der Waals surface area contributed by atoms with E-state index in [1.54, 1.807) is 24.8 Å². The number of aliphatic hydroxyl groups excluding tert-OH is 1. The van der Waals surface area contributed by atoms with Crippen molar-refractivity contribution in [2.75, 3.05) is 18.1 Å². The maximum absolute atomic E-state index is 12.0. The highest BCUT2D eigenvalue weighted by Crippen LogP contribution is 2.21. The van der Waals surface area contributed by atoms with Crippen LogP contribution in [0.5, 0.6) is 0 Å². The van der Waals surface area contributed by atoms with Gasteiger partial charge in [0.1, 0.15) is 0 Å². The van der Waals surface area contributed by atoms with E-state index in [0.717, 1.165) is 17.9 Å². The summed E-state index contributed by atoms with van der Waals surface area (Å²) in [7, 11) is 0. The average Bonchev–Trinajstić information content (AvgIpc) is 2.93. The third-order valence-corrected chi connectivity index (χ3v) is 5.29. The summed E-state index contributed by atoms with van der Waals surface area (Å²) < 4.78 is 0. The van der Waals surface area contributed by atoms with Crippen molar-refractivity contribution >= 4 is 23.6 Å². The van der Waals surface area contributed by atoms with Crippen LogP contribution < -0.4 is 0 Å². The van der Waals surface area contributed by atoms with Crippen LogP contribution in [0.25, 0.3) is 0 Å². The number of carboxylic acids is 1. The number of rotatable bonds is 11. The van der Waals surface area contributed by atoms with Gasteiger partial charge in [-0.15, -0.1) is 11.8 Å². The number of nitrogens with zero attached hydrogens (tertiary/aromatic N) is 1. The average molecular weight is 368 g/mol. The first-order valence-corrected chi connectivity index (χ1v) is 9.96. The molecule has 1 saturated heterocycles. The van der Waals surface area contributed by atoms with Crippen molar-refractivity contribution in [3.63, 3.8) is 0 Å². The smallest absolute Gasteiger partial charge is 0.303 e. The normalized spacial score (nSPS) is 19.7. The summed E-state index contributed by atoms with van der Waals surface area (Å²) in [6.45, 7) is 4.42. The molecular formula is C19H29NO4S. The van der Waals surface area contributed by atoms with E-state index < -0.39 is 12.1 Å². The maximum atomic E-state index is 12.0. The van der Waals surface area contributed by atoms with Crippen LogP contribution in [0.1, 0.15) is 46.0 Å². The van der Waals surface area contributed by atoms with Crippen molar-refractivity contribution in [3.05, 3.63) is 12.2 Å². The van der Waals surface area contributed by atoms with E-state index in [1.807, 2.05) is 17.9 Å². The summed E-state index contributed by atoms with van der Waals surface area (Å²) in [5.74, 6) is 6.87. The van der Waals surface area contributed by atoms with Crippen LogP contribution in [0.4, 0.5) is 0 Å². The molecule has 25 heavy (non-hydrogen) atoms. The Bertz CT molecular complexity index is 523. The third kappa shape index (κ3) is 8.46. The number of aliphatic hydroxyl groups is 1. The lowest BCUT2D eigenvalue weighted by molar-refractivity contribution is -0.137. The molecule has 1 amide bonds.